The number of amides is 1. The van der Waals surface area contributed by atoms with E-state index in [1.54, 1.807) is 12.3 Å². The van der Waals surface area contributed by atoms with Gasteiger partial charge in [-0.1, -0.05) is 6.07 Å². The van der Waals surface area contributed by atoms with Crippen molar-refractivity contribution in [1.82, 2.24) is 9.97 Å². The van der Waals surface area contributed by atoms with Crippen LogP contribution in [0.2, 0.25) is 0 Å². The van der Waals surface area contributed by atoms with Crippen LogP contribution in [0.1, 0.15) is 22.5 Å². The summed E-state index contributed by atoms with van der Waals surface area (Å²) in [5, 5.41) is 6.18. The number of rotatable bonds is 2. The molecular weight excluding hydrogens is 240 g/mol. The lowest BCUT2D eigenvalue weighted by Gasteiger charge is -2.18. The van der Waals surface area contributed by atoms with E-state index in [4.69, 9.17) is 0 Å². The van der Waals surface area contributed by atoms with Crippen molar-refractivity contribution in [2.75, 3.05) is 17.2 Å². The van der Waals surface area contributed by atoms with Crippen molar-refractivity contribution in [3.8, 4) is 0 Å². The Morgan fingerprint density at radius 1 is 1.32 bits per heavy atom. The smallest absolute Gasteiger partial charge is 0.274 e. The van der Waals surface area contributed by atoms with Crippen LogP contribution >= 0.6 is 0 Å². The minimum absolute atomic E-state index is 0.224. The summed E-state index contributed by atoms with van der Waals surface area (Å²) in [5.41, 5.74) is 3.54. The average Bonchev–Trinajstić information content (AvgIpc) is 2.48. The fourth-order valence-corrected chi connectivity index (χ4v) is 2.16. The van der Waals surface area contributed by atoms with Crippen LogP contribution in [-0.2, 0) is 6.42 Å². The predicted molar refractivity (Wildman–Crippen MR) is 73.2 cm³/mol. The van der Waals surface area contributed by atoms with Crippen LogP contribution in [0.15, 0.2) is 36.8 Å². The predicted octanol–water partition coefficient (Wildman–Crippen LogP) is 2.09. The van der Waals surface area contributed by atoms with Crippen LogP contribution in [0.5, 0.6) is 0 Å². The van der Waals surface area contributed by atoms with E-state index in [1.807, 2.05) is 12.1 Å². The van der Waals surface area contributed by atoms with Gasteiger partial charge in [0.15, 0.2) is 0 Å². The molecule has 0 bridgehead atoms. The monoisotopic (exact) mass is 254 g/mol. The minimum atomic E-state index is -0.224. The molecule has 0 spiro atoms. The Morgan fingerprint density at radius 2 is 2.26 bits per heavy atom. The molecule has 1 aliphatic heterocycles. The zero-order valence-electron chi connectivity index (χ0n) is 10.4. The quantitative estimate of drug-likeness (QED) is 0.861. The third-order valence-electron chi connectivity index (χ3n) is 3.12. The number of nitrogens with zero attached hydrogens (tertiary/aromatic N) is 2. The number of anilines is 2. The van der Waals surface area contributed by atoms with Crippen LogP contribution in [0, 0.1) is 0 Å². The molecule has 0 atom stereocenters. The Kier molecular flexibility index (Phi) is 3.10. The summed E-state index contributed by atoms with van der Waals surface area (Å²) in [6.45, 7) is 0.982. The Bertz CT molecular complexity index is 598. The number of aromatic nitrogens is 2. The molecule has 0 saturated carbocycles. The number of nitrogens with one attached hydrogen (secondary N) is 2. The molecule has 0 unspecified atom stereocenters. The summed E-state index contributed by atoms with van der Waals surface area (Å²) in [6, 6.07) is 7.53. The number of hydrogen-bond donors (Lipinski definition) is 2. The molecule has 5 nitrogen and oxygen atoms in total. The van der Waals surface area contributed by atoms with Crippen molar-refractivity contribution in [3.63, 3.8) is 0 Å². The number of hydrogen-bond acceptors (Lipinski definition) is 4. The van der Waals surface area contributed by atoms with Gasteiger partial charge in [0, 0.05) is 24.1 Å². The molecule has 0 saturated heterocycles. The highest BCUT2D eigenvalue weighted by molar-refractivity contribution is 6.03. The Morgan fingerprint density at radius 3 is 3.11 bits per heavy atom. The van der Waals surface area contributed by atoms with E-state index >= 15 is 0 Å². The van der Waals surface area contributed by atoms with E-state index in [9.17, 15) is 4.79 Å². The van der Waals surface area contributed by atoms with Gasteiger partial charge in [0.25, 0.3) is 5.91 Å². The summed E-state index contributed by atoms with van der Waals surface area (Å²) in [6.07, 6.45) is 5.15. The van der Waals surface area contributed by atoms with Gasteiger partial charge in [-0.15, -0.1) is 0 Å². The Balaban J connectivity index is 1.78. The largest absolute Gasteiger partial charge is 0.385 e. The van der Waals surface area contributed by atoms with E-state index in [0.717, 1.165) is 30.8 Å². The number of carbonyl (C=O) groups excluding carboxylic acids is 1. The van der Waals surface area contributed by atoms with Gasteiger partial charge in [0.05, 0.1) is 0 Å². The second-order valence-corrected chi connectivity index (χ2v) is 4.45. The van der Waals surface area contributed by atoms with Crippen LogP contribution < -0.4 is 10.6 Å². The molecule has 2 aromatic rings. The average molecular weight is 254 g/mol. The third kappa shape index (κ3) is 2.54. The lowest BCUT2D eigenvalue weighted by atomic mass is 10.0. The van der Waals surface area contributed by atoms with Gasteiger partial charge in [0.1, 0.15) is 12.0 Å². The van der Waals surface area contributed by atoms with E-state index in [2.05, 4.69) is 26.7 Å². The molecule has 0 radical (unpaired) electrons. The molecule has 3 rings (SSSR count). The maximum Gasteiger partial charge on any atom is 0.274 e. The normalized spacial score (nSPS) is 13.3. The first-order valence-electron chi connectivity index (χ1n) is 6.27. The Hall–Kier alpha value is -2.43. The highest BCUT2D eigenvalue weighted by Gasteiger charge is 2.11. The standard InChI is InChI=1S/C14H14N4O/c19-14(12-5-7-15-9-17-12)18-11-4-3-10-2-1-6-16-13(10)8-11/h3-5,7-9,16H,1-2,6H2,(H,18,19). The van der Waals surface area contributed by atoms with E-state index in [1.165, 1.54) is 11.9 Å². The SMILES string of the molecule is O=C(Nc1ccc2c(c1)NCCC2)c1ccncn1. The second kappa shape index (κ2) is 5.06. The van der Waals surface area contributed by atoms with Gasteiger partial charge < -0.3 is 10.6 Å². The van der Waals surface area contributed by atoms with Crippen molar-refractivity contribution in [2.45, 2.75) is 12.8 Å². The fraction of sp³-hybridized carbons (Fsp3) is 0.214. The van der Waals surface area contributed by atoms with Crippen molar-refractivity contribution in [1.29, 1.82) is 0 Å². The van der Waals surface area contributed by atoms with Crippen molar-refractivity contribution < 1.29 is 4.79 Å². The van der Waals surface area contributed by atoms with Crippen LogP contribution in [0.3, 0.4) is 0 Å². The summed E-state index contributed by atoms with van der Waals surface area (Å²) in [7, 11) is 0. The van der Waals surface area contributed by atoms with E-state index in [0.29, 0.717) is 5.69 Å². The summed E-state index contributed by atoms with van der Waals surface area (Å²) < 4.78 is 0. The van der Waals surface area contributed by atoms with Gasteiger partial charge >= 0.3 is 0 Å². The summed E-state index contributed by atoms with van der Waals surface area (Å²) >= 11 is 0. The first-order valence-corrected chi connectivity index (χ1v) is 6.27. The van der Waals surface area contributed by atoms with E-state index in [-0.39, 0.29) is 5.91 Å². The highest BCUT2D eigenvalue weighted by Crippen LogP contribution is 2.25. The zero-order chi connectivity index (χ0) is 13.1. The fourth-order valence-electron chi connectivity index (χ4n) is 2.16. The summed E-state index contributed by atoms with van der Waals surface area (Å²) in [4.78, 5) is 19.7. The molecule has 1 aromatic carbocycles. The van der Waals surface area contributed by atoms with Gasteiger partial charge in [0.2, 0.25) is 0 Å². The van der Waals surface area contributed by atoms with Crippen LogP contribution in [0.25, 0.3) is 0 Å². The maximum atomic E-state index is 12.0. The van der Waals surface area contributed by atoms with Crippen molar-refractivity contribution >= 4 is 17.3 Å². The number of benzene rings is 1. The summed E-state index contributed by atoms with van der Waals surface area (Å²) in [5.74, 6) is -0.224. The van der Waals surface area contributed by atoms with Gasteiger partial charge in [-0.3, -0.25) is 4.79 Å². The first-order chi connectivity index (χ1) is 9.33. The van der Waals surface area contributed by atoms with Gasteiger partial charge in [-0.2, -0.15) is 0 Å². The van der Waals surface area contributed by atoms with Crippen molar-refractivity contribution in [3.05, 3.63) is 48.0 Å². The maximum absolute atomic E-state index is 12.0. The molecule has 0 fully saturated rings. The van der Waals surface area contributed by atoms with Gasteiger partial charge in [-0.05, 0) is 36.6 Å². The van der Waals surface area contributed by atoms with E-state index < -0.39 is 0 Å². The number of carbonyl (C=O) groups is 1. The minimum Gasteiger partial charge on any atom is -0.385 e. The molecule has 5 heteroatoms. The second-order valence-electron chi connectivity index (χ2n) is 4.45. The molecular formula is C14H14N4O. The highest BCUT2D eigenvalue weighted by atomic mass is 16.1. The third-order valence-corrected chi connectivity index (χ3v) is 3.12. The van der Waals surface area contributed by atoms with Crippen LogP contribution in [-0.4, -0.2) is 22.4 Å². The Labute approximate surface area is 111 Å². The van der Waals surface area contributed by atoms with Gasteiger partial charge in [-0.25, -0.2) is 9.97 Å². The van der Waals surface area contributed by atoms with Crippen molar-refractivity contribution in [2.24, 2.45) is 0 Å². The lowest BCUT2D eigenvalue weighted by molar-refractivity contribution is 0.102. The molecule has 2 heterocycles. The molecule has 1 amide bonds. The zero-order valence-corrected chi connectivity index (χ0v) is 10.4. The molecule has 2 N–H and O–H groups in total. The molecule has 0 aliphatic carbocycles. The number of aryl methyl sites for hydroxylation is 1. The first kappa shape index (κ1) is 11.6. The molecule has 1 aliphatic rings. The lowest BCUT2D eigenvalue weighted by Crippen LogP contribution is -2.15. The number of fused-ring (bicyclic) bond motifs is 1. The molecule has 1 aromatic heterocycles. The molecule has 96 valence electrons. The topological polar surface area (TPSA) is 66.9 Å². The molecule has 19 heavy (non-hydrogen) atoms. The van der Waals surface area contributed by atoms with Crippen LogP contribution in [0.4, 0.5) is 11.4 Å².